The third-order valence-corrected chi connectivity index (χ3v) is 3.26. The highest BCUT2D eigenvalue weighted by Crippen LogP contribution is 2.38. The lowest BCUT2D eigenvalue weighted by Crippen LogP contribution is -2.23. The molecule has 1 aromatic rings. The molecule has 0 radical (unpaired) electrons. The van der Waals surface area contributed by atoms with Gasteiger partial charge < -0.3 is 10.1 Å². The zero-order valence-electron chi connectivity index (χ0n) is 11.2. The molecule has 0 aliphatic heterocycles. The number of carbonyl (C=O) groups is 2. The van der Waals surface area contributed by atoms with Crippen molar-refractivity contribution in [3.05, 3.63) is 29.8 Å². The first-order valence-electron chi connectivity index (χ1n) is 6.41. The van der Waals surface area contributed by atoms with Gasteiger partial charge in [-0.05, 0) is 24.5 Å². The minimum absolute atomic E-state index is 0.194. The Hall–Kier alpha value is -2.05. The molecule has 7 heteroatoms. The molecule has 4 nitrogen and oxygen atoms in total. The second-order valence-electron chi connectivity index (χ2n) is 5.02. The van der Waals surface area contributed by atoms with Gasteiger partial charge in [0.05, 0.1) is 17.2 Å². The molecular weight excluding hydrogens is 287 g/mol. The predicted molar refractivity (Wildman–Crippen MR) is 68.3 cm³/mol. The van der Waals surface area contributed by atoms with Gasteiger partial charge in [0.25, 0.3) is 5.91 Å². The second kappa shape index (κ2) is 5.75. The Morgan fingerprint density at radius 2 is 1.95 bits per heavy atom. The van der Waals surface area contributed by atoms with E-state index in [1.807, 2.05) is 6.92 Å². The van der Waals surface area contributed by atoms with Crippen molar-refractivity contribution in [1.29, 1.82) is 0 Å². The Morgan fingerprint density at radius 1 is 1.33 bits per heavy atom. The Bertz CT molecular complexity index is 557. The van der Waals surface area contributed by atoms with Crippen LogP contribution in [0.3, 0.4) is 0 Å². The van der Waals surface area contributed by atoms with E-state index in [0.29, 0.717) is 0 Å². The highest BCUT2D eigenvalue weighted by Gasteiger charge is 2.40. The molecule has 0 aromatic heterocycles. The van der Waals surface area contributed by atoms with E-state index in [0.717, 1.165) is 18.6 Å². The molecule has 2 unspecified atom stereocenters. The number of rotatable bonds is 4. The minimum Gasteiger partial charge on any atom is -0.455 e. The molecule has 1 N–H and O–H groups in total. The summed E-state index contributed by atoms with van der Waals surface area (Å²) in [4.78, 5) is 23.0. The van der Waals surface area contributed by atoms with Crippen LogP contribution < -0.4 is 5.32 Å². The third-order valence-electron chi connectivity index (χ3n) is 3.26. The van der Waals surface area contributed by atoms with Gasteiger partial charge in [0.1, 0.15) is 0 Å². The average Bonchev–Trinajstić information content (AvgIpc) is 3.12. The maximum absolute atomic E-state index is 12.7. The Kier molecular flexibility index (Phi) is 4.20. The number of para-hydroxylation sites is 1. The highest BCUT2D eigenvalue weighted by molar-refractivity contribution is 5.93. The summed E-state index contributed by atoms with van der Waals surface area (Å²) in [6, 6.07) is 4.62. The number of ether oxygens (including phenoxy) is 1. The van der Waals surface area contributed by atoms with Gasteiger partial charge in [0.2, 0.25) is 0 Å². The minimum atomic E-state index is -4.57. The highest BCUT2D eigenvalue weighted by atomic mass is 19.4. The van der Waals surface area contributed by atoms with Crippen LogP contribution in [0.4, 0.5) is 18.9 Å². The normalized spacial score (nSPS) is 20.8. The number of esters is 1. The molecule has 2 atom stereocenters. The molecule has 21 heavy (non-hydrogen) atoms. The summed E-state index contributed by atoms with van der Waals surface area (Å²) in [5.74, 6) is -1.23. The zero-order valence-corrected chi connectivity index (χ0v) is 11.2. The fourth-order valence-corrected chi connectivity index (χ4v) is 1.92. The Morgan fingerprint density at radius 3 is 2.52 bits per heavy atom. The van der Waals surface area contributed by atoms with Crippen LogP contribution in [0, 0.1) is 11.8 Å². The van der Waals surface area contributed by atoms with Crippen molar-refractivity contribution in [2.24, 2.45) is 11.8 Å². The van der Waals surface area contributed by atoms with Gasteiger partial charge in [0.15, 0.2) is 6.61 Å². The molecule has 0 heterocycles. The lowest BCUT2D eigenvalue weighted by Gasteiger charge is -2.13. The van der Waals surface area contributed by atoms with Crippen molar-refractivity contribution in [1.82, 2.24) is 0 Å². The topological polar surface area (TPSA) is 55.4 Å². The van der Waals surface area contributed by atoms with Crippen molar-refractivity contribution in [3.8, 4) is 0 Å². The number of benzene rings is 1. The number of hydrogen-bond donors (Lipinski definition) is 1. The van der Waals surface area contributed by atoms with Crippen LogP contribution in [-0.4, -0.2) is 18.5 Å². The first-order chi connectivity index (χ1) is 9.79. The molecule has 1 aromatic carbocycles. The van der Waals surface area contributed by atoms with Gasteiger partial charge in [-0.15, -0.1) is 0 Å². The molecule has 0 spiro atoms. The lowest BCUT2D eigenvalue weighted by atomic mass is 10.1. The Balaban J connectivity index is 1.92. The van der Waals surface area contributed by atoms with Crippen molar-refractivity contribution in [2.75, 3.05) is 11.9 Å². The van der Waals surface area contributed by atoms with Crippen LogP contribution in [0.15, 0.2) is 24.3 Å². The van der Waals surface area contributed by atoms with Crippen LogP contribution in [0.5, 0.6) is 0 Å². The van der Waals surface area contributed by atoms with Crippen LogP contribution in [-0.2, 0) is 20.5 Å². The van der Waals surface area contributed by atoms with Gasteiger partial charge in [-0.1, -0.05) is 19.1 Å². The number of carbonyl (C=O) groups excluding carboxylic acids is 2. The number of halogens is 3. The summed E-state index contributed by atoms with van der Waals surface area (Å²) in [6.07, 6.45) is -3.85. The summed E-state index contributed by atoms with van der Waals surface area (Å²) in [6.45, 7) is 1.29. The molecule has 0 saturated heterocycles. The molecular formula is C14H14F3NO3. The smallest absolute Gasteiger partial charge is 0.418 e. The fraction of sp³-hybridized carbons (Fsp3) is 0.429. The monoisotopic (exact) mass is 301 g/mol. The van der Waals surface area contributed by atoms with E-state index in [-0.39, 0.29) is 17.5 Å². The maximum Gasteiger partial charge on any atom is 0.418 e. The van der Waals surface area contributed by atoms with Crippen molar-refractivity contribution >= 4 is 17.6 Å². The van der Waals surface area contributed by atoms with Gasteiger partial charge in [-0.2, -0.15) is 13.2 Å². The molecule has 0 bridgehead atoms. The van der Waals surface area contributed by atoms with E-state index >= 15 is 0 Å². The molecule has 114 valence electrons. The van der Waals surface area contributed by atoms with Crippen LogP contribution in [0.25, 0.3) is 0 Å². The van der Waals surface area contributed by atoms with E-state index in [1.165, 1.54) is 12.1 Å². The van der Waals surface area contributed by atoms with Gasteiger partial charge in [-0.3, -0.25) is 9.59 Å². The second-order valence-corrected chi connectivity index (χ2v) is 5.02. The van der Waals surface area contributed by atoms with Crippen LogP contribution >= 0.6 is 0 Å². The van der Waals surface area contributed by atoms with Crippen LogP contribution in [0.2, 0.25) is 0 Å². The summed E-state index contributed by atoms with van der Waals surface area (Å²) < 4.78 is 43.0. The van der Waals surface area contributed by atoms with Crippen molar-refractivity contribution in [3.63, 3.8) is 0 Å². The summed E-state index contributed by atoms with van der Waals surface area (Å²) >= 11 is 0. The first-order valence-corrected chi connectivity index (χ1v) is 6.41. The van der Waals surface area contributed by atoms with E-state index < -0.39 is 30.2 Å². The zero-order chi connectivity index (χ0) is 15.6. The van der Waals surface area contributed by atoms with E-state index in [1.54, 1.807) is 0 Å². The molecule has 1 saturated carbocycles. The van der Waals surface area contributed by atoms with Crippen LogP contribution in [0.1, 0.15) is 18.9 Å². The number of anilines is 1. The van der Waals surface area contributed by atoms with Gasteiger partial charge in [-0.25, -0.2) is 0 Å². The molecule has 1 amide bonds. The lowest BCUT2D eigenvalue weighted by molar-refractivity contribution is -0.149. The number of nitrogens with one attached hydrogen (secondary N) is 1. The maximum atomic E-state index is 12.7. The largest absolute Gasteiger partial charge is 0.455 e. The third kappa shape index (κ3) is 3.96. The number of hydrogen-bond acceptors (Lipinski definition) is 3. The molecule has 2 rings (SSSR count). The van der Waals surface area contributed by atoms with Crippen molar-refractivity contribution < 1.29 is 27.5 Å². The van der Waals surface area contributed by atoms with Gasteiger partial charge in [0, 0.05) is 0 Å². The van der Waals surface area contributed by atoms with E-state index in [4.69, 9.17) is 4.74 Å². The quantitative estimate of drug-likeness (QED) is 0.870. The Labute approximate surface area is 119 Å². The standard InChI is InChI=1S/C14H14F3NO3/c1-8-6-9(8)13(20)21-7-12(19)18-11-5-3-2-4-10(11)14(15,16)17/h2-5,8-9H,6-7H2,1H3,(H,18,19). The molecule has 1 aliphatic rings. The first kappa shape index (κ1) is 15.3. The summed E-state index contributed by atoms with van der Waals surface area (Å²) in [5, 5.41) is 2.11. The molecule has 1 fully saturated rings. The van der Waals surface area contributed by atoms with Gasteiger partial charge >= 0.3 is 12.1 Å². The fourth-order valence-electron chi connectivity index (χ4n) is 1.92. The van der Waals surface area contributed by atoms with E-state index in [2.05, 4.69) is 5.32 Å². The van der Waals surface area contributed by atoms with Crippen molar-refractivity contribution in [2.45, 2.75) is 19.5 Å². The molecule has 1 aliphatic carbocycles. The number of alkyl halides is 3. The predicted octanol–water partition coefficient (Wildman–Crippen LogP) is 2.84. The van der Waals surface area contributed by atoms with E-state index in [9.17, 15) is 22.8 Å². The average molecular weight is 301 g/mol. The summed E-state index contributed by atoms with van der Waals surface area (Å²) in [7, 11) is 0. The number of amides is 1. The summed E-state index contributed by atoms with van der Waals surface area (Å²) in [5.41, 5.74) is -1.30. The SMILES string of the molecule is CC1CC1C(=O)OCC(=O)Nc1ccccc1C(F)(F)F.